The van der Waals surface area contributed by atoms with Gasteiger partial charge in [0.05, 0.1) is 12.5 Å². The van der Waals surface area contributed by atoms with Crippen LogP contribution in [0.25, 0.3) is 0 Å². The molecule has 1 heterocycles. The van der Waals surface area contributed by atoms with E-state index < -0.39 is 23.6 Å². The molecule has 0 amide bonds. The van der Waals surface area contributed by atoms with E-state index in [-0.39, 0.29) is 17.0 Å². The quantitative estimate of drug-likeness (QED) is 0.635. The van der Waals surface area contributed by atoms with Gasteiger partial charge < -0.3 is 0 Å². The SMILES string of the molecule is O=[N+]([O-])C1CN(Cc2ccccc2)CCC1c1cc(F)ccc1F. The second-order valence-electron chi connectivity index (χ2n) is 6.13. The maximum Gasteiger partial charge on any atom is 0.232 e. The van der Waals surface area contributed by atoms with Gasteiger partial charge >= 0.3 is 0 Å². The Balaban J connectivity index is 1.79. The highest BCUT2D eigenvalue weighted by atomic mass is 19.1. The molecule has 2 aromatic rings. The fourth-order valence-electron chi connectivity index (χ4n) is 3.36. The summed E-state index contributed by atoms with van der Waals surface area (Å²) in [6, 6.07) is 11.9. The molecule has 0 saturated carbocycles. The van der Waals surface area contributed by atoms with Gasteiger partial charge in [0.15, 0.2) is 0 Å². The Morgan fingerprint density at radius 1 is 1.17 bits per heavy atom. The van der Waals surface area contributed by atoms with E-state index in [0.29, 0.717) is 19.5 Å². The third-order valence-electron chi connectivity index (χ3n) is 4.54. The maximum atomic E-state index is 14.0. The van der Waals surface area contributed by atoms with Crippen molar-refractivity contribution in [3.05, 3.63) is 81.4 Å². The molecule has 0 aromatic heterocycles. The highest BCUT2D eigenvalue weighted by Gasteiger charge is 2.39. The number of nitrogens with zero attached hydrogens (tertiary/aromatic N) is 2. The molecule has 1 aliphatic heterocycles. The lowest BCUT2D eigenvalue weighted by Crippen LogP contribution is -2.46. The molecular weight excluding hydrogens is 314 g/mol. The first-order chi connectivity index (χ1) is 11.5. The zero-order chi connectivity index (χ0) is 17.1. The summed E-state index contributed by atoms with van der Waals surface area (Å²) in [7, 11) is 0. The molecule has 0 bridgehead atoms. The Bertz CT molecular complexity index is 724. The molecular formula is C18H18F2N2O2. The predicted octanol–water partition coefficient (Wildman–Crippen LogP) is 3.60. The van der Waals surface area contributed by atoms with Crippen molar-refractivity contribution in [3.63, 3.8) is 0 Å². The lowest BCUT2D eigenvalue weighted by atomic mass is 9.85. The van der Waals surface area contributed by atoms with Crippen LogP contribution in [-0.4, -0.2) is 29.0 Å². The number of nitro groups is 1. The van der Waals surface area contributed by atoms with Gasteiger partial charge in [-0.05, 0) is 36.7 Å². The van der Waals surface area contributed by atoms with Gasteiger partial charge in [-0.2, -0.15) is 0 Å². The minimum absolute atomic E-state index is 0.107. The highest BCUT2D eigenvalue weighted by molar-refractivity contribution is 5.25. The van der Waals surface area contributed by atoms with E-state index in [1.165, 1.54) is 0 Å². The second kappa shape index (κ2) is 7.05. The number of rotatable bonds is 4. The minimum Gasteiger partial charge on any atom is -0.292 e. The molecule has 6 heteroatoms. The van der Waals surface area contributed by atoms with Gasteiger partial charge in [0, 0.05) is 17.0 Å². The molecule has 3 rings (SSSR count). The monoisotopic (exact) mass is 332 g/mol. The summed E-state index contributed by atoms with van der Waals surface area (Å²) < 4.78 is 27.5. The van der Waals surface area contributed by atoms with E-state index in [1.54, 1.807) is 0 Å². The van der Waals surface area contributed by atoms with Crippen molar-refractivity contribution in [2.45, 2.75) is 24.9 Å². The van der Waals surface area contributed by atoms with Crippen LogP contribution in [0, 0.1) is 21.7 Å². The molecule has 4 nitrogen and oxygen atoms in total. The smallest absolute Gasteiger partial charge is 0.232 e. The molecule has 126 valence electrons. The predicted molar refractivity (Wildman–Crippen MR) is 86.2 cm³/mol. The van der Waals surface area contributed by atoms with E-state index in [9.17, 15) is 18.9 Å². The first kappa shape index (κ1) is 16.5. The minimum atomic E-state index is -0.946. The Morgan fingerprint density at radius 2 is 1.92 bits per heavy atom. The van der Waals surface area contributed by atoms with Crippen molar-refractivity contribution in [2.24, 2.45) is 0 Å². The first-order valence-corrected chi connectivity index (χ1v) is 7.89. The number of likely N-dealkylation sites (tertiary alicyclic amines) is 1. The van der Waals surface area contributed by atoms with Crippen LogP contribution in [0.5, 0.6) is 0 Å². The topological polar surface area (TPSA) is 46.4 Å². The first-order valence-electron chi connectivity index (χ1n) is 7.89. The average molecular weight is 332 g/mol. The average Bonchev–Trinajstić information content (AvgIpc) is 2.58. The van der Waals surface area contributed by atoms with E-state index in [2.05, 4.69) is 0 Å². The van der Waals surface area contributed by atoms with Gasteiger partial charge in [-0.25, -0.2) is 8.78 Å². The molecule has 0 N–H and O–H groups in total. The van der Waals surface area contributed by atoms with Crippen molar-refractivity contribution in [3.8, 4) is 0 Å². The normalized spacial score (nSPS) is 21.6. The van der Waals surface area contributed by atoms with Crippen molar-refractivity contribution in [1.29, 1.82) is 0 Å². The second-order valence-corrected chi connectivity index (χ2v) is 6.13. The van der Waals surface area contributed by atoms with Crippen LogP contribution in [0.3, 0.4) is 0 Å². The fraction of sp³-hybridized carbons (Fsp3) is 0.333. The number of halogens is 2. The van der Waals surface area contributed by atoms with Crippen molar-refractivity contribution in [2.75, 3.05) is 13.1 Å². The Kier molecular flexibility index (Phi) is 4.85. The Labute approximate surface area is 138 Å². The lowest BCUT2D eigenvalue weighted by molar-refractivity contribution is -0.530. The fourth-order valence-corrected chi connectivity index (χ4v) is 3.36. The third-order valence-corrected chi connectivity index (χ3v) is 4.54. The zero-order valence-electron chi connectivity index (χ0n) is 13.1. The highest BCUT2D eigenvalue weighted by Crippen LogP contribution is 2.32. The molecule has 2 unspecified atom stereocenters. The molecule has 0 radical (unpaired) electrons. The van der Waals surface area contributed by atoms with Crippen LogP contribution in [-0.2, 0) is 6.54 Å². The van der Waals surface area contributed by atoms with Crippen molar-refractivity contribution < 1.29 is 13.7 Å². The summed E-state index contributed by atoms with van der Waals surface area (Å²) >= 11 is 0. The maximum absolute atomic E-state index is 14.0. The third kappa shape index (κ3) is 3.59. The standard InChI is InChI=1S/C18H18F2N2O2/c19-14-6-7-17(20)16(10-14)15-8-9-21(12-18(15)22(23)24)11-13-4-2-1-3-5-13/h1-7,10,15,18H,8-9,11-12H2. The molecule has 2 aromatic carbocycles. The zero-order valence-corrected chi connectivity index (χ0v) is 13.1. The Morgan fingerprint density at radius 3 is 2.62 bits per heavy atom. The number of hydrogen-bond acceptors (Lipinski definition) is 3. The van der Waals surface area contributed by atoms with Gasteiger partial charge in [0.1, 0.15) is 11.6 Å². The van der Waals surface area contributed by atoms with Gasteiger partial charge in [-0.3, -0.25) is 15.0 Å². The van der Waals surface area contributed by atoms with Crippen LogP contribution < -0.4 is 0 Å². The molecule has 0 aliphatic carbocycles. The largest absolute Gasteiger partial charge is 0.292 e. The number of piperidine rings is 1. The van der Waals surface area contributed by atoms with Crippen LogP contribution >= 0.6 is 0 Å². The summed E-state index contributed by atoms with van der Waals surface area (Å²) in [4.78, 5) is 13.1. The van der Waals surface area contributed by atoms with E-state index in [1.807, 2.05) is 35.2 Å². The van der Waals surface area contributed by atoms with E-state index >= 15 is 0 Å². The molecule has 2 atom stereocenters. The van der Waals surface area contributed by atoms with Crippen LogP contribution in [0.2, 0.25) is 0 Å². The van der Waals surface area contributed by atoms with Gasteiger partial charge in [0.25, 0.3) is 0 Å². The molecule has 1 fully saturated rings. The summed E-state index contributed by atoms with van der Waals surface area (Å²) in [5.41, 5.74) is 1.19. The van der Waals surface area contributed by atoms with Crippen molar-refractivity contribution in [1.82, 2.24) is 4.90 Å². The van der Waals surface area contributed by atoms with Crippen LogP contribution in [0.4, 0.5) is 8.78 Å². The summed E-state index contributed by atoms with van der Waals surface area (Å²) in [5.74, 6) is -1.76. The molecule has 24 heavy (non-hydrogen) atoms. The van der Waals surface area contributed by atoms with E-state index in [4.69, 9.17) is 0 Å². The van der Waals surface area contributed by atoms with Crippen LogP contribution in [0.1, 0.15) is 23.5 Å². The molecule has 1 saturated heterocycles. The number of hydrogen-bond donors (Lipinski definition) is 0. The van der Waals surface area contributed by atoms with Gasteiger partial charge in [-0.1, -0.05) is 30.3 Å². The number of benzene rings is 2. The molecule has 1 aliphatic rings. The summed E-state index contributed by atoms with van der Waals surface area (Å²) in [5, 5.41) is 11.5. The van der Waals surface area contributed by atoms with Gasteiger partial charge in [0.2, 0.25) is 6.04 Å². The lowest BCUT2D eigenvalue weighted by Gasteiger charge is -2.34. The summed E-state index contributed by atoms with van der Waals surface area (Å²) in [6.45, 7) is 1.45. The van der Waals surface area contributed by atoms with Crippen molar-refractivity contribution >= 4 is 0 Å². The van der Waals surface area contributed by atoms with E-state index in [0.717, 1.165) is 23.8 Å². The summed E-state index contributed by atoms with van der Waals surface area (Å²) in [6.07, 6.45) is 0.429. The Hall–Kier alpha value is -2.34. The molecule has 0 spiro atoms. The van der Waals surface area contributed by atoms with Gasteiger partial charge in [-0.15, -0.1) is 0 Å². The van der Waals surface area contributed by atoms with Crippen LogP contribution in [0.15, 0.2) is 48.5 Å².